The van der Waals surface area contributed by atoms with Gasteiger partial charge in [-0.15, -0.1) is 11.3 Å². The molecule has 2 aliphatic rings. The molecule has 1 aromatic carbocycles. The molecule has 4 rings (SSSR count). The first-order valence-electron chi connectivity index (χ1n) is 10.0. The van der Waals surface area contributed by atoms with Crippen LogP contribution >= 0.6 is 11.3 Å². The van der Waals surface area contributed by atoms with Gasteiger partial charge in [0, 0.05) is 17.0 Å². The Kier molecular flexibility index (Phi) is 5.76. The van der Waals surface area contributed by atoms with Crippen LogP contribution in [0.3, 0.4) is 0 Å². The Morgan fingerprint density at radius 3 is 2.43 bits per heavy atom. The zero-order chi connectivity index (χ0) is 19.5. The van der Waals surface area contributed by atoms with Crippen LogP contribution in [0.4, 0.5) is 4.39 Å². The third-order valence-corrected chi connectivity index (χ3v) is 6.42. The highest BCUT2D eigenvalue weighted by atomic mass is 32.1. The van der Waals surface area contributed by atoms with Gasteiger partial charge in [0.05, 0.1) is 6.42 Å². The zero-order valence-electron chi connectivity index (χ0n) is 15.8. The van der Waals surface area contributed by atoms with Gasteiger partial charge < -0.3 is 10.2 Å². The van der Waals surface area contributed by atoms with Crippen molar-refractivity contribution >= 4 is 23.2 Å². The van der Waals surface area contributed by atoms with Gasteiger partial charge in [-0.25, -0.2) is 4.39 Å². The molecule has 4 nitrogen and oxygen atoms in total. The Hall–Kier alpha value is -2.21. The van der Waals surface area contributed by atoms with Crippen LogP contribution in [0.5, 0.6) is 0 Å². The van der Waals surface area contributed by atoms with Crippen molar-refractivity contribution in [2.24, 2.45) is 0 Å². The van der Waals surface area contributed by atoms with E-state index in [0.29, 0.717) is 12.0 Å². The van der Waals surface area contributed by atoms with Crippen LogP contribution in [0.2, 0.25) is 0 Å². The van der Waals surface area contributed by atoms with Crippen molar-refractivity contribution in [3.8, 4) is 0 Å². The second-order valence-corrected chi connectivity index (χ2v) is 8.76. The molecule has 28 heavy (non-hydrogen) atoms. The molecule has 0 bridgehead atoms. The maximum atomic E-state index is 13.5. The summed E-state index contributed by atoms with van der Waals surface area (Å²) >= 11 is 1.55. The molecule has 0 unspecified atom stereocenters. The number of halogens is 1. The minimum atomic E-state index is -0.707. The largest absolute Gasteiger partial charge is 0.351 e. The van der Waals surface area contributed by atoms with E-state index in [2.05, 4.69) is 5.32 Å². The topological polar surface area (TPSA) is 49.4 Å². The van der Waals surface area contributed by atoms with E-state index in [0.717, 1.165) is 43.4 Å². The molecule has 2 saturated carbocycles. The lowest BCUT2D eigenvalue weighted by atomic mass is 10.0. The summed E-state index contributed by atoms with van der Waals surface area (Å²) in [5.41, 5.74) is 0.670. The quantitative estimate of drug-likeness (QED) is 0.756. The maximum absolute atomic E-state index is 13.5. The summed E-state index contributed by atoms with van der Waals surface area (Å²) in [6.45, 7) is 0. The van der Waals surface area contributed by atoms with Crippen molar-refractivity contribution < 1.29 is 14.0 Å². The normalized spacial score (nSPS) is 18.0. The summed E-state index contributed by atoms with van der Waals surface area (Å²) in [4.78, 5) is 29.2. The fraction of sp³-hybridized carbons (Fsp3) is 0.455. The average Bonchev–Trinajstić information content (AvgIpc) is 3.14. The number of hydrogen-bond donors (Lipinski definition) is 1. The molecule has 2 aliphatic carbocycles. The van der Waals surface area contributed by atoms with Crippen LogP contribution < -0.4 is 5.32 Å². The maximum Gasteiger partial charge on any atom is 0.247 e. The lowest BCUT2D eigenvalue weighted by Gasteiger charge is -2.32. The number of thiophene rings is 1. The van der Waals surface area contributed by atoms with Crippen LogP contribution in [-0.4, -0.2) is 28.8 Å². The van der Waals surface area contributed by atoms with Gasteiger partial charge in [0.15, 0.2) is 0 Å². The summed E-state index contributed by atoms with van der Waals surface area (Å²) in [6.07, 6.45) is 6.31. The number of carbonyl (C=O) groups excluding carboxylic acids is 2. The summed E-state index contributed by atoms with van der Waals surface area (Å²) in [6, 6.07) is 9.39. The van der Waals surface area contributed by atoms with Crippen LogP contribution in [0.15, 0.2) is 41.8 Å². The van der Waals surface area contributed by atoms with Crippen molar-refractivity contribution in [3.63, 3.8) is 0 Å². The smallest absolute Gasteiger partial charge is 0.247 e. The Morgan fingerprint density at radius 1 is 1.11 bits per heavy atom. The summed E-state index contributed by atoms with van der Waals surface area (Å²) in [7, 11) is 0. The van der Waals surface area contributed by atoms with E-state index in [-0.39, 0.29) is 29.7 Å². The predicted octanol–water partition coefficient (Wildman–Crippen LogP) is 4.22. The van der Waals surface area contributed by atoms with Crippen molar-refractivity contribution in [1.82, 2.24) is 10.2 Å². The van der Waals surface area contributed by atoms with E-state index in [1.165, 1.54) is 12.1 Å². The molecule has 1 aromatic heterocycles. The summed E-state index contributed by atoms with van der Waals surface area (Å²) < 4.78 is 13.5. The van der Waals surface area contributed by atoms with Gasteiger partial charge in [0.25, 0.3) is 0 Å². The van der Waals surface area contributed by atoms with Crippen molar-refractivity contribution in [2.75, 3.05) is 0 Å². The molecular formula is C22H25FN2O2S. The predicted molar refractivity (Wildman–Crippen MR) is 107 cm³/mol. The molecule has 2 amide bonds. The summed E-state index contributed by atoms with van der Waals surface area (Å²) in [5, 5.41) is 5.10. The van der Waals surface area contributed by atoms with Crippen molar-refractivity contribution in [2.45, 2.75) is 63.1 Å². The number of benzene rings is 1. The zero-order valence-corrected chi connectivity index (χ0v) is 16.6. The first-order chi connectivity index (χ1) is 13.6. The third-order valence-electron chi connectivity index (χ3n) is 5.55. The minimum Gasteiger partial charge on any atom is -0.351 e. The lowest BCUT2D eigenvalue weighted by Crippen LogP contribution is -2.47. The SMILES string of the molecule is O=C(NC1CCCC1)[C@H](c1ccc(F)cc1)N(C(=O)Cc1cccs1)C1CC1. The van der Waals surface area contributed by atoms with E-state index < -0.39 is 6.04 Å². The molecule has 148 valence electrons. The molecule has 0 saturated heterocycles. The number of nitrogens with zero attached hydrogens (tertiary/aromatic N) is 1. The number of nitrogens with one attached hydrogen (secondary N) is 1. The Morgan fingerprint density at radius 2 is 1.82 bits per heavy atom. The molecule has 0 radical (unpaired) electrons. The van der Waals surface area contributed by atoms with E-state index in [4.69, 9.17) is 0 Å². The van der Waals surface area contributed by atoms with Crippen LogP contribution in [-0.2, 0) is 16.0 Å². The lowest BCUT2D eigenvalue weighted by molar-refractivity contribution is -0.141. The monoisotopic (exact) mass is 400 g/mol. The molecule has 1 atom stereocenters. The summed E-state index contributed by atoms with van der Waals surface area (Å²) in [5.74, 6) is -0.535. The fourth-order valence-corrected chi connectivity index (χ4v) is 4.69. The Bertz CT molecular complexity index is 812. The minimum absolute atomic E-state index is 0.0409. The van der Waals surface area contributed by atoms with E-state index in [1.807, 2.05) is 17.5 Å². The first-order valence-corrected chi connectivity index (χ1v) is 10.9. The molecule has 0 spiro atoms. The molecule has 6 heteroatoms. The van der Waals surface area contributed by atoms with Gasteiger partial charge >= 0.3 is 0 Å². The van der Waals surface area contributed by atoms with Gasteiger partial charge in [-0.2, -0.15) is 0 Å². The third kappa shape index (κ3) is 4.43. The van der Waals surface area contributed by atoms with Gasteiger partial charge in [0.2, 0.25) is 11.8 Å². The first kappa shape index (κ1) is 19.1. The standard InChI is InChI=1S/C22H25FN2O2S/c23-16-9-7-15(8-10-16)21(22(27)24-17-4-1-2-5-17)25(18-11-12-18)20(26)14-19-6-3-13-28-19/h3,6-10,13,17-18,21H,1-2,4-5,11-12,14H2,(H,24,27)/t21-/m0/s1. The molecule has 1 heterocycles. The number of amides is 2. The van der Waals surface area contributed by atoms with Crippen molar-refractivity contribution in [1.29, 1.82) is 0 Å². The molecule has 2 aromatic rings. The van der Waals surface area contributed by atoms with Gasteiger partial charge in [0.1, 0.15) is 11.9 Å². The molecular weight excluding hydrogens is 375 g/mol. The highest BCUT2D eigenvalue weighted by molar-refractivity contribution is 7.10. The van der Waals surface area contributed by atoms with E-state index >= 15 is 0 Å². The number of rotatable bonds is 7. The highest BCUT2D eigenvalue weighted by Gasteiger charge is 2.41. The number of hydrogen-bond acceptors (Lipinski definition) is 3. The Balaban J connectivity index is 1.61. The Labute approximate surface area is 168 Å². The van der Waals surface area contributed by atoms with Gasteiger partial charge in [-0.3, -0.25) is 9.59 Å². The second kappa shape index (κ2) is 8.43. The molecule has 0 aliphatic heterocycles. The van der Waals surface area contributed by atoms with Crippen LogP contribution in [0.1, 0.15) is 55.0 Å². The van der Waals surface area contributed by atoms with Crippen LogP contribution in [0, 0.1) is 5.82 Å². The van der Waals surface area contributed by atoms with E-state index in [9.17, 15) is 14.0 Å². The van der Waals surface area contributed by atoms with Crippen LogP contribution in [0.25, 0.3) is 0 Å². The van der Waals surface area contributed by atoms with E-state index in [1.54, 1.807) is 28.4 Å². The molecule has 1 N–H and O–H groups in total. The second-order valence-electron chi connectivity index (χ2n) is 7.73. The number of carbonyl (C=O) groups is 2. The average molecular weight is 401 g/mol. The van der Waals surface area contributed by atoms with Gasteiger partial charge in [-0.05, 0) is 54.8 Å². The van der Waals surface area contributed by atoms with Crippen molar-refractivity contribution in [3.05, 3.63) is 58.0 Å². The highest BCUT2D eigenvalue weighted by Crippen LogP contribution is 2.36. The van der Waals surface area contributed by atoms with Gasteiger partial charge in [-0.1, -0.05) is 31.0 Å². The molecule has 2 fully saturated rings. The fourth-order valence-electron chi connectivity index (χ4n) is 4.00.